The first-order valence-corrected chi connectivity index (χ1v) is 13.6. The minimum Gasteiger partial charge on any atom is -0.354 e. The average molecular weight is 506 g/mol. The number of aromatic nitrogens is 2. The minimum absolute atomic E-state index is 0.0247. The maximum atomic E-state index is 14.2. The van der Waals surface area contributed by atoms with Crippen LogP contribution in [0.5, 0.6) is 0 Å². The molecule has 2 aromatic carbocycles. The van der Waals surface area contributed by atoms with Gasteiger partial charge in [-0.05, 0) is 69.1 Å². The average Bonchev–Trinajstić information content (AvgIpc) is 3.26. The Kier molecular flexibility index (Phi) is 8.64. The summed E-state index contributed by atoms with van der Waals surface area (Å²) in [5.41, 5.74) is 4.49. The summed E-state index contributed by atoms with van der Waals surface area (Å²) in [6, 6.07) is 14.6. The van der Waals surface area contributed by atoms with E-state index in [-0.39, 0.29) is 17.8 Å². The normalized spacial score (nSPS) is 15.1. The van der Waals surface area contributed by atoms with E-state index in [0.717, 1.165) is 62.6 Å². The van der Waals surface area contributed by atoms with Gasteiger partial charge in [0.15, 0.2) is 0 Å². The molecule has 1 fully saturated rings. The Bertz CT molecular complexity index is 1200. The second-order valence-electron chi connectivity index (χ2n) is 9.94. The van der Waals surface area contributed by atoms with Crippen molar-refractivity contribution in [1.82, 2.24) is 19.6 Å². The third-order valence-electron chi connectivity index (χ3n) is 7.65. The number of likely N-dealkylation sites (N-methyl/N-ethyl adjacent to an activating group) is 1. The minimum atomic E-state index is -0.291. The van der Waals surface area contributed by atoms with Crippen LogP contribution >= 0.6 is 0 Å². The molecule has 1 aromatic heterocycles. The fourth-order valence-corrected chi connectivity index (χ4v) is 4.99. The van der Waals surface area contributed by atoms with Crippen molar-refractivity contribution in [1.29, 1.82) is 0 Å². The van der Waals surface area contributed by atoms with Gasteiger partial charge in [0.25, 0.3) is 5.91 Å². The highest BCUT2D eigenvalue weighted by Crippen LogP contribution is 2.31. The summed E-state index contributed by atoms with van der Waals surface area (Å²) < 4.78 is 16.1. The van der Waals surface area contributed by atoms with Gasteiger partial charge in [0.05, 0.1) is 17.9 Å². The molecule has 1 aliphatic rings. The number of hydrogen-bond acceptors (Lipinski definition) is 4. The summed E-state index contributed by atoms with van der Waals surface area (Å²) in [5, 5.41) is 4.89. The van der Waals surface area contributed by atoms with Gasteiger partial charge in [-0.25, -0.2) is 9.07 Å². The zero-order chi connectivity index (χ0) is 26.5. The van der Waals surface area contributed by atoms with E-state index in [1.165, 1.54) is 17.7 Å². The van der Waals surface area contributed by atoms with Gasteiger partial charge in [0.1, 0.15) is 11.6 Å². The van der Waals surface area contributed by atoms with Gasteiger partial charge in [-0.15, -0.1) is 0 Å². The first-order chi connectivity index (χ1) is 17.9. The molecule has 0 radical (unpaired) electrons. The van der Waals surface area contributed by atoms with E-state index in [1.54, 1.807) is 6.07 Å². The van der Waals surface area contributed by atoms with Crippen molar-refractivity contribution in [2.24, 2.45) is 0 Å². The van der Waals surface area contributed by atoms with Crippen LogP contribution in [0.4, 0.5) is 10.2 Å². The van der Waals surface area contributed by atoms with E-state index in [1.807, 2.05) is 46.8 Å². The summed E-state index contributed by atoms with van der Waals surface area (Å²) in [5.74, 6) is 0.693. The van der Waals surface area contributed by atoms with Gasteiger partial charge in [-0.1, -0.05) is 39.0 Å². The van der Waals surface area contributed by atoms with Crippen molar-refractivity contribution in [3.05, 3.63) is 76.7 Å². The molecule has 0 aliphatic carbocycles. The number of benzene rings is 2. The molecule has 37 heavy (non-hydrogen) atoms. The zero-order valence-corrected chi connectivity index (χ0v) is 22.9. The third kappa shape index (κ3) is 5.87. The number of anilines is 1. The molecule has 0 bridgehead atoms. The lowest BCUT2D eigenvalue weighted by Gasteiger charge is -2.37. The molecule has 7 heteroatoms. The van der Waals surface area contributed by atoms with Gasteiger partial charge in [0, 0.05) is 43.3 Å². The fourth-order valence-electron chi connectivity index (χ4n) is 4.99. The summed E-state index contributed by atoms with van der Waals surface area (Å²) >= 11 is 0. The molecule has 1 aliphatic heterocycles. The monoisotopic (exact) mass is 505 g/mol. The lowest BCUT2D eigenvalue weighted by molar-refractivity contribution is 0.0671. The first kappa shape index (κ1) is 26.9. The van der Waals surface area contributed by atoms with Crippen molar-refractivity contribution in [2.75, 3.05) is 37.6 Å². The maximum absolute atomic E-state index is 14.2. The molecule has 198 valence electrons. The predicted molar refractivity (Wildman–Crippen MR) is 148 cm³/mol. The lowest BCUT2D eigenvalue weighted by atomic mass is 10.1. The second-order valence-corrected chi connectivity index (χ2v) is 9.94. The third-order valence-corrected chi connectivity index (χ3v) is 7.65. The quantitative estimate of drug-likeness (QED) is 0.387. The number of piperazine rings is 1. The molecule has 4 rings (SSSR count). The number of hydrogen-bond donors (Lipinski definition) is 0. The van der Waals surface area contributed by atoms with Crippen LogP contribution < -0.4 is 4.90 Å². The predicted octanol–water partition coefficient (Wildman–Crippen LogP) is 5.47. The van der Waals surface area contributed by atoms with Crippen LogP contribution in [-0.2, 0) is 13.0 Å². The van der Waals surface area contributed by atoms with E-state index in [4.69, 9.17) is 5.10 Å². The van der Waals surface area contributed by atoms with Gasteiger partial charge < -0.3 is 14.7 Å². The van der Waals surface area contributed by atoms with Gasteiger partial charge in [-0.3, -0.25) is 4.79 Å². The van der Waals surface area contributed by atoms with Gasteiger partial charge >= 0.3 is 0 Å². The van der Waals surface area contributed by atoms with Crippen LogP contribution in [0.1, 0.15) is 61.3 Å². The number of nitrogens with zero attached hydrogens (tertiary/aromatic N) is 5. The molecule has 1 amide bonds. The highest BCUT2D eigenvalue weighted by Gasteiger charge is 2.29. The van der Waals surface area contributed by atoms with Crippen molar-refractivity contribution in [2.45, 2.75) is 60.0 Å². The largest absolute Gasteiger partial charge is 0.354 e. The number of rotatable bonds is 9. The molecule has 6 nitrogen and oxygen atoms in total. The highest BCUT2D eigenvalue weighted by molar-refractivity contribution is 5.94. The van der Waals surface area contributed by atoms with Crippen LogP contribution in [0.2, 0.25) is 0 Å². The summed E-state index contributed by atoms with van der Waals surface area (Å²) in [6.07, 6.45) is 1.79. The van der Waals surface area contributed by atoms with Crippen molar-refractivity contribution >= 4 is 11.7 Å². The summed E-state index contributed by atoms with van der Waals surface area (Å²) in [7, 11) is 0. The number of carbonyl (C=O) groups excluding carboxylic acids is 1. The SMILES string of the molecule is CCc1ccc(C(=O)N(Cc2c(C)nn(-c3cccc(F)c3)c2N2CCN(CC)CC2)[C@H](C)CC)cc1. The molecular formula is C30H40FN5O. The highest BCUT2D eigenvalue weighted by atomic mass is 19.1. The second kappa shape index (κ2) is 11.9. The summed E-state index contributed by atoms with van der Waals surface area (Å²) in [4.78, 5) is 20.5. The van der Waals surface area contributed by atoms with E-state index >= 15 is 0 Å². The molecule has 1 atom stereocenters. The van der Waals surface area contributed by atoms with Crippen LogP contribution in [0.15, 0.2) is 48.5 Å². The fraction of sp³-hybridized carbons (Fsp3) is 0.467. The first-order valence-electron chi connectivity index (χ1n) is 13.6. The van der Waals surface area contributed by atoms with Crippen LogP contribution in [-0.4, -0.2) is 64.3 Å². The van der Waals surface area contributed by atoms with Gasteiger partial charge in [-0.2, -0.15) is 5.10 Å². The Hall–Kier alpha value is -3.19. The molecule has 0 unspecified atom stereocenters. The van der Waals surface area contributed by atoms with Crippen molar-refractivity contribution < 1.29 is 9.18 Å². The Morgan fingerprint density at radius 1 is 1.05 bits per heavy atom. The molecule has 0 spiro atoms. The van der Waals surface area contributed by atoms with Crippen molar-refractivity contribution in [3.8, 4) is 5.69 Å². The van der Waals surface area contributed by atoms with E-state index < -0.39 is 0 Å². The number of amides is 1. The van der Waals surface area contributed by atoms with Crippen molar-refractivity contribution in [3.63, 3.8) is 0 Å². The maximum Gasteiger partial charge on any atom is 0.254 e. The molecule has 0 saturated carbocycles. The Labute approximate surface area is 220 Å². The zero-order valence-electron chi connectivity index (χ0n) is 22.9. The van der Waals surface area contributed by atoms with E-state index in [0.29, 0.717) is 17.8 Å². The van der Waals surface area contributed by atoms with Gasteiger partial charge in [0.2, 0.25) is 0 Å². The molecule has 3 aromatic rings. The summed E-state index contributed by atoms with van der Waals surface area (Å²) in [6.45, 7) is 15.6. The van der Waals surface area contributed by atoms with Crippen LogP contribution in [0.25, 0.3) is 5.69 Å². The standard InChI is InChI=1S/C30H40FN5O/c1-6-22(4)35(30(37)25-14-12-24(7-2)13-15-25)21-28-23(5)32-36(27-11-9-10-26(31)20-27)29(28)34-18-16-33(8-3)17-19-34/h9-15,20,22H,6-8,16-19,21H2,1-5H3/t22-/m1/s1. The molecule has 0 N–H and O–H groups in total. The number of halogens is 1. The number of carbonyl (C=O) groups is 1. The Morgan fingerprint density at radius 2 is 1.76 bits per heavy atom. The molecular weight excluding hydrogens is 465 g/mol. The lowest BCUT2D eigenvalue weighted by Crippen LogP contribution is -2.47. The smallest absolute Gasteiger partial charge is 0.254 e. The number of aryl methyl sites for hydroxylation is 2. The van der Waals surface area contributed by atoms with Crippen LogP contribution in [0, 0.1) is 12.7 Å². The topological polar surface area (TPSA) is 44.6 Å². The van der Waals surface area contributed by atoms with E-state index in [2.05, 4.69) is 37.5 Å². The Balaban J connectivity index is 1.75. The molecule has 2 heterocycles. The Morgan fingerprint density at radius 3 is 2.35 bits per heavy atom. The molecule has 1 saturated heterocycles. The van der Waals surface area contributed by atoms with E-state index in [9.17, 15) is 9.18 Å². The van der Waals surface area contributed by atoms with Crippen LogP contribution in [0.3, 0.4) is 0 Å².